The van der Waals surface area contributed by atoms with Crippen LogP contribution in [0.5, 0.6) is 0 Å². The Balaban J connectivity index is 2.21. The number of benzene rings is 2. The summed E-state index contributed by atoms with van der Waals surface area (Å²) in [6, 6.07) is 10.7. The maximum atomic E-state index is 13.2. The summed E-state index contributed by atoms with van der Waals surface area (Å²) >= 11 is 0. The van der Waals surface area contributed by atoms with Gasteiger partial charge in [0.25, 0.3) is 5.91 Å². The van der Waals surface area contributed by atoms with E-state index in [1.54, 1.807) is 31.2 Å². The fraction of sp³-hybridized carbons (Fsp3) is 0.0667. The maximum Gasteiger partial charge on any atom is 0.255 e. The molecule has 2 aromatic rings. The van der Waals surface area contributed by atoms with Crippen molar-refractivity contribution in [1.82, 2.24) is 0 Å². The predicted molar refractivity (Wildman–Crippen MR) is 78.0 cm³/mol. The molecule has 2 aromatic carbocycles. The molecule has 0 unspecified atom stereocenters. The number of hydrogen-bond acceptors (Lipinski definition) is 3. The number of nitrogens with two attached hydrogens (primary N) is 1. The van der Waals surface area contributed by atoms with Gasteiger partial charge < -0.3 is 16.3 Å². The maximum absolute atomic E-state index is 13.2. The van der Waals surface area contributed by atoms with E-state index in [-0.39, 0.29) is 17.6 Å². The molecule has 0 bridgehead atoms. The molecule has 0 radical (unpaired) electrons. The molecule has 0 aliphatic rings. The van der Waals surface area contributed by atoms with Gasteiger partial charge in [-0.3, -0.25) is 4.79 Å². The van der Waals surface area contributed by atoms with Crippen LogP contribution in [-0.2, 0) is 0 Å². The molecule has 1 amide bonds. The third-order valence-corrected chi connectivity index (χ3v) is 2.94. The number of nitrogens with zero attached hydrogens (tertiary/aromatic N) is 1. The Hall–Kier alpha value is -2.89. The van der Waals surface area contributed by atoms with Crippen LogP contribution in [0.15, 0.2) is 47.6 Å². The average molecular weight is 287 g/mol. The summed E-state index contributed by atoms with van der Waals surface area (Å²) in [6.07, 6.45) is 0. The Labute approximate surface area is 120 Å². The first-order valence-corrected chi connectivity index (χ1v) is 6.16. The topological polar surface area (TPSA) is 87.7 Å². The third-order valence-electron chi connectivity index (χ3n) is 2.94. The lowest BCUT2D eigenvalue weighted by atomic mass is 10.1. The minimum absolute atomic E-state index is 0.0521. The van der Waals surface area contributed by atoms with Gasteiger partial charge >= 0.3 is 0 Å². The van der Waals surface area contributed by atoms with Crippen LogP contribution in [0.25, 0.3) is 0 Å². The quantitative estimate of drug-likeness (QED) is 0.351. The van der Waals surface area contributed by atoms with E-state index in [9.17, 15) is 9.18 Å². The number of hydrogen-bond donors (Lipinski definition) is 3. The molecule has 0 aliphatic carbocycles. The summed E-state index contributed by atoms with van der Waals surface area (Å²) in [7, 11) is 0. The van der Waals surface area contributed by atoms with Gasteiger partial charge in [0.05, 0.1) is 0 Å². The summed E-state index contributed by atoms with van der Waals surface area (Å²) in [5.74, 6) is -0.779. The zero-order valence-electron chi connectivity index (χ0n) is 11.3. The second-order valence-electron chi connectivity index (χ2n) is 4.48. The van der Waals surface area contributed by atoms with Crippen LogP contribution in [-0.4, -0.2) is 17.0 Å². The highest BCUT2D eigenvalue weighted by molar-refractivity contribution is 6.05. The van der Waals surface area contributed by atoms with Crippen molar-refractivity contribution in [3.8, 4) is 0 Å². The lowest BCUT2D eigenvalue weighted by Gasteiger charge is -2.08. The number of amidine groups is 1. The van der Waals surface area contributed by atoms with Gasteiger partial charge in [-0.15, -0.1) is 0 Å². The van der Waals surface area contributed by atoms with Crippen molar-refractivity contribution in [2.75, 3.05) is 5.32 Å². The Morgan fingerprint density at radius 2 is 2.00 bits per heavy atom. The molecule has 0 saturated carbocycles. The first-order chi connectivity index (χ1) is 10.0. The van der Waals surface area contributed by atoms with E-state index in [4.69, 9.17) is 10.9 Å². The van der Waals surface area contributed by atoms with Gasteiger partial charge in [-0.1, -0.05) is 17.3 Å². The Bertz CT molecular complexity index is 714. The minimum atomic E-state index is -0.366. The van der Waals surface area contributed by atoms with Crippen LogP contribution in [0.4, 0.5) is 10.1 Å². The van der Waals surface area contributed by atoms with Gasteiger partial charge in [0, 0.05) is 16.8 Å². The van der Waals surface area contributed by atoms with E-state index >= 15 is 0 Å². The average Bonchev–Trinajstić information content (AvgIpc) is 2.49. The lowest BCUT2D eigenvalue weighted by molar-refractivity contribution is 0.102. The van der Waals surface area contributed by atoms with Crippen LogP contribution in [0, 0.1) is 12.7 Å². The monoisotopic (exact) mass is 287 g/mol. The number of anilines is 1. The molecule has 108 valence electrons. The number of carbonyl (C=O) groups is 1. The number of halogens is 1. The highest BCUT2D eigenvalue weighted by atomic mass is 19.1. The number of oxime groups is 1. The molecule has 0 atom stereocenters. The summed E-state index contributed by atoms with van der Waals surface area (Å²) in [4.78, 5) is 12.1. The van der Waals surface area contributed by atoms with Crippen LogP contribution in [0.2, 0.25) is 0 Å². The Morgan fingerprint density at radius 3 is 2.67 bits per heavy atom. The Morgan fingerprint density at radius 1 is 1.24 bits per heavy atom. The highest BCUT2D eigenvalue weighted by Gasteiger charge is 2.09. The molecule has 0 aliphatic heterocycles. The van der Waals surface area contributed by atoms with Gasteiger partial charge in [-0.05, 0) is 42.8 Å². The first kappa shape index (κ1) is 14.5. The van der Waals surface area contributed by atoms with Crippen LogP contribution in [0.1, 0.15) is 21.5 Å². The fourth-order valence-corrected chi connectivity index (χ4v) is 1.80. The number of amides is 1. The van der Waals surface area contributed by atoms with E-state index in [0.29, 0.717) is 22.4 Å². The van der Waals surface area contributed by atoms with Crippen molar-refractivity contribution < 1.29 is 14.4 Å². The number of rotatable bonds is 3. The normalized spacial score (nSPS) is 11.2. The molecule has 0 heterocycles. The largest absolute Gasteiger partial charge is 0.409 e. The van der Waals surface area contributed by atoms with E-state index in [0.717, 1.165) is 0 Å². The number of nitrogens with one attached hydrogen (secondary N) is 1. The van der Waals surface area contributed by atoms with Crippen molar-refractivity contribution in [2.45, 2.75) is 6.92 Å². The van der Waals surface area contributed by atoms with Crippen LogP contribution in [0.3, 0.4) is 0 Å². The van der Waals surface area contributed by atoms with Gasteiger partial charge in [-0.2, -0.15) is 0 Å². The molecule has 0 aromatic heterocycles. The van der Waals surface area contributed by atoms with Gasteiger partial charge in [0.1, 0.15) is 5.82 Å². The van der Waals surface area contributed by atoms with Crippen molar-refractivity contribution >= 4 is 17.4 Å². The molecule has 4 N–H and O–H groups in total. The van der Waals surface area contributed by atoms with Gasteiger partial charge in [0.15, 0.2) is 5.84 Å². The molecule has 5 nitrogen and oxygen atoms in total. The highest BCUT2D eigenvalue weighted by Crippen LogP contribution is 2.14. The summed E-state index contributed by atoms with van der Waals surface area (Å²) < 4.78 is 13.2. The first-order valence-electron chi connectivity index (χ1n) is 6.16. The predicted octanol–water partition coefficient (Wildman–Crippen LogP) is 2.48. The minimum Gasteiger partial charge on any atom is -0.409 e. The molecule has 6 heteroatoms. The van der Waals surface area contributed by atoms with E-state index < -0.39 is 0 Å². The molecular formula is C15H14FN3O2. The second-order valence-corrected chi connectivity index (χ2v) is 4.48. The lowest BCUT2D eigenvalue weighted by Crippen LogP contribution is -2.15. The summed E-state index contributed by atoms with van der Waals surface area (Å²) in [5, 5.41) is 14.2. The molecule has 2 rings (SSSR count). The van der Waals surface area contributed by atoms with E-state index in [1.807, 2.05) is 0 Å². The fourth-order valence-electron chi connectivity index (χ4n) is 1.80. The van der Waals surface area contributed by atoms with Crippen molar-refractivity contribution in [3.05, 3.63) is 65.0 Å². The third kappa shape index (κ3) is 3.36. The van der Waals surface area contributed by atoms with Crippen molar-refractivity contribution in [3.63, 3.8) is 0 Å². The molecule has 0 saturated heterocycles. The van der Waals surface area contributed by atoms with Crippen molar-refractivity contribution in [1.29, 1.82) is 0 Å². The zero-order chi connectivity index (χ0) is 15.4. The standard InChI is InChI=1S/C15H14FN3O2/c1-9-7-11(5-6-13(9)16)15(20)18-12-4-2-3-10(8-12)14(17)19-21/h2-8,21H,1H3,(H2,17,19)(H,18,20). The van der Waals surface area contributed by atoms with Gasteiger partial charge in [0.2, 0.25) is 0 Å². The van der Waals surface area contributed by atoms with E-state index in [2.05, 4.69) is 10.5 Å². The van der Waals surface area contributed by atoms with E-state index in [1.165, 1.54) is 18.2 Å². The summed E-state index contributed by atoms with van der Waals surface area (Å²) in [6.45, 7) is 1.59. The number of aryl methyl sites for hydroxylation is 1. The smallest absolute Gasteiger partial charge is 0.255 e. The molecule has 0 fully saturated rings. The molecular weight excluding hydrogens is 273 g/mol. The SMILES string of the molecule is Cc1cc(C(=O)Nc2cccc(C(N)=NO)c2)ccc1F. The Kier molecular flexibility index (Phi) is 4.18. The molecule has 0 spiro atoms. The number of carbonyl (C=O) groups excluding carboxylic acids is 1. The zero-order valence-corrected chi connectivity index (χ0v) is 11.3. The van der Waals surface area contributed by atoms with Crippen LogP contribution < -0.4 is 11.1 Å². The second kappa shape index (κ2) is 6.04. The van der Waals surface area contributed by atoms with Crippen LogP contribution >= 0.6 is 0 Å². The van der Waals surface area contributed by atoms with Crippen molar-refractivity contribution in [2.24, 2.45) is 10.9 Å². The summed E-state index contributed by atoms with van der Waals surface area (Å²) in [5.41, 5.74) is 7.20. The van der Waals surface area contributed by atoms with Gasteiger partial charge in [-0.25, -0.2) is 4.39 Å². The molecule has 21 heavy (non-hydrogen) atoms.